The van der Waals surface area contributed by atoms with Crippen LogP contribution < -0.4 is 4.72 Å². The molecule has 0 saturated carbocycles. The van der Waals surface area contributed by atoms with E-state index in [0.29, 0.717) is 0 Å². The number of halogens is 3. The van der Waals surface area contributed by atoms with Gasteiger partial charge in [0.1, 0.15) is 0 Å². The van der Waals surface area contributed by atoms with E-state index >= 15 is 0 Å². The smallest absolute Gasteiger partial charge is 0.263 e. The fraction of sp³-hybridized carbons (Fsp3) is 0.333. The van der Waals surface area contributed by atoms with Crippen molar-refractivity contribution in [2.75, 3.05) is 10.5 Å². The summed E-state index contributed by atoms with van der Waals surface area (Å²) < 4.78 is 49.4. The Morgan fingerprint density at radius 3 is 2.56 bits per heavy atom. The summed E-state index contributed by atoms with van der Waals surface area (Å²) in [6.07, 6.45) is -2.66. The predicted octanol–water partition coefficient (Wildman–Crippen LogP) is 3.04. The minimum absolute atomic E-state index is 0.0266. The second kappa shape index (κ2) is 4.97. The standard InChI is InChI=1S/C9H10ClF2NO2S/c1-2-16(14,15)13-8-5-6(9(11)12)3-4-7(8)10/h3-5,9,13H,2H2,1H3. The van der Waals surface area contributed by atoms with Crippen molar-refractivity contribution < 1.29 is 17.2 Å². The monoisotopic (exact) mass is 269 g/mol. The number of nitrogens with one attached hydrogen (secondary N) is 1. The van der Waals surface area contributed by atoms with E-state index in [1.54, 1.807) is 0 Å². The predicted molar refractivity (Wildman–Crippen MR) is 59.5 cm³/mol. The lowest BCUT2D eigenvalue weighted by atomic mass is 10.2. The molecule has 0 bridgehead atoms. The highest BCUT2D eigenvalue weighted by atomic mass is 35.5. The van der Waals surface area contributed by atoms with Crippen LogP contribution in [-0.2, 0) is 10.0 Å². The first-order chi connectivity index (χ1) is 7.35. The first-order valence-electron chi connectivity index (χ1n) is 4.44. The summed E-state index contributed by atoms with van der Waals surface area (Å²) in [4.78, 5) is 0. The molecule has 1 aromatic rings. The molecular weight excluding hydrogens is 260 g/mol. The van der Waals surface area contributed by atoms with E-state index in [0.717, 1.165) is 12.1 Å². The Bertz CT molecular complexity index is 476. The maximum Gasteiger partial charge on any atom is 0.263 e. The Kier molecular flexibility index (Phi) is 4.09. The molecule has 0 heterocycles. The molecule has 90 valence electrons. The van der Waals surface area contributed by atoms with Crippen molar-refractivity contribution in [3.63, 3.8) is 0 Å². The molecule has 0 aliphatic carbocycles. The van der Waals surface area contributed by atoms with Crippen LogP contribution in [0.2, 0.25) is 5.02 Å². The second-order valence-electron chi connectivity index (χ2n) is 3.05. The Labute approximate surface area is 97.5 Å². The number of benzene rings is 1. The lowest BCUT2D eigenvalue weighted by Gasteiger charge is -2.09. The van der Waals surface area contributed by atoms with Crippen molar-refractivity contribution in [2.24, 2.45) is 0 Å². The third kappa shape index (κ3) is 3.31. The Morgan fingerprint density at radius 2 is 2.06 bits per heavy atom. The summed E-state index contributed by atoms with van der Waals surface area (Å²) in [5.74, 6) is -0.151. The molecule has 0 atom stereocenters. The van der Waals surface area contributed by atoms with Gasteiger partial charge in [-0.25, -0.2) is 17.2 Å². The lowest BCUT2D eigenvalue weighted by molar-refractivity contribution is 0.151. The van der Waals surface area contributed by atoms with Gasteiger partial charge in [0, 0.05) is 5.56 Å². The van der Waals surface area contributed by atoms with Crippen LogP contribution in [0.15, 0.2) is 18.2 Å². The number of hydrogen-bond donors (Lipinski definition) is 1. The summed E-state index contributed by atoms with van der Waals surface area (Å²) in [6.45, 7) is 1.44. The van der Waals surface area contributed by atoms with E-state index in [1.807, 2.05) is 0 Å². The first kappa shape index (κ1) is 13.2. The summed E-state index contributed by atoms with van der Waals surface area (Å²) in [7, 11) is -3.52. The highest BCUT2D eigenvalue weighted by molar-refractivity contribution is 7.92. The van der Waals surface area contributed by atoms with E-state index in [4.69, 9.17) is 11.6 Å². The Hall–Kier alpha value is -0.880. The zero-order valence-electron chi connectivity index (χ0n) is 8.38. The summed E-state index contributed by atoms with van der Waals surface area (Å²) in [5.41, 5.74) is -0.306. The summed E-state index contributed by atoms with van der Waals surface area (Å²) >= 11 is 5.69. The van der Waals surface area contributed by atoms with Crippen molar-refractivity contribution in [2.45, 2.75) is 13.3 Å². The van der Waals surface area contributed by atoms with Crippen LogP contribution >= 0.6 is 11.6 Å². The molecule has 0 radical (unpaired) electrons. The largest absolute Gasteiger partial charge is 0.282 e. The van der Waals surface area contributed by atoms with Crippen LogP contribution in [0, 0.1) is 0 Å². The van der Waals surface area contributed by atoms with Crippen molar-refractivity contribution in [3.05, 3.63) is 28.8 Å². The third-order valence-electron chi connectivity index (χ3n) is 1.89. The van der Waals surface area contributed by atoms with E-state index in [9.17, 15) is 17.2 Å². The van der Waals surface area contributed by atoms with Gasteiger partial charge < -0.3 is 0 Å². The van der Waals surface area contributed by atoms with Crippen LogP contribution in [0.5, 0.6) is 0 Å². The van der Waals surface area contributed by atoms with Gasteiger partial charge >= 0.3 is 0 Å². The molecule has 16 heavy (non-hydrogen) atoms. The molecule has 0 spiro atoms. The van der Waals surface area contributed by atoms with Gasteiger partial charge in [-0.15, -0.1) is 0 Å². The molecule has 0 unspecified atom stereocenters. The first-order valence-corrected chi connectivity index (χ1v) is 6.47. The van der Waals surface area contributed by atoms with Crippen molar-refractivity contribution in [3.8, 4) is 0 Å². The topological polar surface area (TPSA) is 46.2 Å². The van der Waals surface area contributed by atoms with Crippen LogP contribution in [-0.4, -0.2) is 14.2 Å². The number of sulfonamides is 1. The Balaban J connectivity index is 3.08. The number of alkyl halides is 2. The van der Waals surface area contributed by atoms with Gasteiger partial charge in [0.05, 0.1) is 16.5 Å². The number of hydrogen-bond acceptors (Lipinski definition) is 2. The van der Waals surface area contributed by atoms with E-state index in [1.165, 1.54) is 13.0 Å². The molecule has 0 aromatic heterocycles. The zero-order chi connectivity index (χ0) is 12.3. The average Bonchev–Trinajstić information content (AvgIpc) is 2.21. The quantitative estimate of drug-likeness (QED) is 0.913. The number of anilines is 1. The fourth-order valence-corrected chi connectivity index (χ4v) is 1.87. The van der Waals surface area contributed by atoms with Crippen molar-refractivity contribution in [1.29, 1.82) is 0 Å². The van der Waals surface area contributed by atoms with Gasteiger partial charge in [-0.3, -0.25) is 4.72 Å². The molecule has 7 heteroatoms. The van der Waals surface area contributed by atoms with Gasteiger partial charge in [-0.2, -0.15) is 0 Å². The van der Waals surface area contributed by atoms with Crippen LogP contribution in [0.1, 0.15) is 18.9 Å². The van der Waals surface area contributed by atoms with Gasteiger partial charge in [-0.1, -0.05) is 17.7 Å². The SMILES string of the molecule is CCS(=O)(=O)Nc1cc(C(F)F)ccc1Cl. The highest BCUT2D eigenvalue weighted by Gasteiger charge is 2.13. The minimum atomic E-state index is -3.52. The normalized spacial score (nSPS) is 11.8. The van der Waals surface area contributed by atoms with Crippen molar-refractivity contribution in [1.82, 2.24) is 0 Å². The fourth-order valence-electron chi connectivity index (χ4n) is 0.997. The molecule has 3 nitrogen and oxygen atoms in total. The molecule has 1 rings (SSSR count). The number of rotatable bonds is 4. The van der Waals surface area contributed by atoms with Crippen LogP contribution in [0.4, 0.5) is 14.5 Å². The van der Waals surface area contributed by atoms with Gasteiger partial charge in [0.2, 0.25) is 10.0 Å². The Morgan fingerprint density at radius 1 is 1.44 bits per heavy atom. The van der Waals surface area contributed by atoms with E-state index in [2.05, 4.69) is 4.72 Å². The molecule has 1 N–H and O–H groups in total. The maximum atomic E-state index is 12.4. The molecule has 0 fully saturated rings. The molecule has 1 aromatic carbocycles. The van der Waals surface area contributed by atoms with Crippen LogP contribution in [0.25, 0.3) is 0 Å². The maximum absolute atomic E-state index is 12.4. The zero-order valence-corrected chi connectivity index (χ0v) is 9.95. The van der Waals surface area contributed by atoms with Gasteiger partial charge in [0.25, 0.3) is 6.43 Å². The molecular formula is C9H10ClF2NO2S. The molecule has 0 aliphatic heterocycles. The second-order valence-corrected chi connectivity index (χ2v) is 5.46. The average molecular weight is 270 g/mol. The van der Waals surface area contributed by atoms with E-state index in [-0.39, 0.29) is 22.0 Å². The molecule has 0 saturated heterocycles. The third-order valence-corrected chi connectivity index (χ3v) is 3.51. The van der Waals surface area contributed by atoms with E-state index < -0.39 is 16.4 Å². The summed E-state index contributed by atoms with van der Waals surface area (Å²) in [6, 6.07) is 3.41. The molecule has 0 aliphatic rings. The minimum Gasteiger partial charge on any atom is -0.282 e. The van der Waals surface area contributed by atoms with Gasteiger partial charge in [0.15, 0.2) is 0 Å². The molecule has 0 amide bonds. The lowest BCUT2D eigenvalue weighted by Crippen LogP contribution is -2.15. The highest BCUT2D eigenvalue weighted by Crippen LogP contribution is 2.28. The van der Waals surface area contributed by atoms with Gasteiger partial charge in [-0.05, 0) is 19.1 Å². The summed E-state index contributed by atoms with van der Waals surface area (Å²) in [5, 5.41) is 0.0847. The van der Waals surface area contributed by atoms with Crippen molar-refractivity contribution >= 4 is 27.3 Å². The van der Waals surface area contributed by atoms with Crippen LogP contribution in [0.3, 0.4) is 0 Å².